The summed E-state index contributed by atoms with van der Waals surface area (Å²) in [6.07, 6.45) is 0. The van der Waals surface area contributed by atoms with Gasteiger partial charge in [0.05, 0.1) is 22.0 Å². The number of para-hydroxylation sites is 2. The maximum absolute atomic E-state index is 12.5. The normalized spacial score (nSPS) is 10.4. The lowest BCUT2D eigenvalue weighted by Gasteiger charge is -2.14. The summed E-state index contributed by atoms with van der Waals surface area (Å²) in [6, 6.07) is 20.3. The number of carbonyl (C=O) groups excluding carboxylic acids is 1. The molecule has 25 heavy (non-hydrogen) atoms. The molecule has 0 saturated carbocycles. The Labute approximate surface area is 156 Å². The fourth-order valence-corrected chi connectivity index (χ4v) is 2.85. The van der Waals surface area contributed by atoms with Crippen LogP contribution < -0.4 is 10.6 Å². The molecule has 0 aliphatic carbocycles. The largest absolute Gasteiger partial charge is 0.354 e. The highest BCUT2D eigenvalue weighted by Crippen LogP contribution is 2.27. The first-order valence-corrected chi connectivity index (χ1v) is 8.47. The molecule has 0 saturated heterocycles. The second-order valence-corrected chi connectivity index (χ2v) is 6.46. The van der Waals surface area contributed by atoms with Crippen molar-refractivity contribution in [1.82, 2.24) is 0 Å². The Kier molecular flexibility index (Phi) is 5.27. The van der Waals surface area contributed by atoms with Crippen LogP contribution in [0.1, 0.15) is 15.9 Å². The SMILES string of the molecule is Cc1ccc(Nc2ccccc2NC(=O)c2ccc(Cl)cc2Cl)cc1. The molecule has 0 heterocycles. The van der Waals surface area contributed by atoms with E-state index in [2.05, 4.69) is 10.6 Å². The quantitative estimate of drug-likeness (QED) is 0.565. The minimum Gasteiger partial charge on any atom is -0.354 e. The summed E-state index contributed by atoms with van der Waals surface area (Å²) < 4.78 is 0. The maximum Gasteiger partial charge on any atom is 0.257 e. The molecule has 0 atom stereocenters. The first-order valence-electron chi connectivity index (χ1n) is 7.72. The van der Waals surface area contributed by atoms with Crippen LogP contribution in [0.3, 0.4) is 0 Å². The van der Waals surface area contributed by atoms with Gasteiger partial charge in [0.25, 0.3) is 5.91 Å². The molecule has 2 N–H and O–H groups in total. The Morgan fingerprint density at radius 3 is 2.24 bits per heavy atom. The van der Waals surface area contributed by atoms with Crippen molar-refractivity contribution in [3.8, 4) is 0 Å². The van der Waals surface area contributed by atoms with Crippen LogP contribution in [-0.2, 0) is 0 Å². The molecule has 3 aromatic carbocycles. The minimum atomic E-state index is -0.292. The summed E-state index contributed by atoms with van der Waals surface area (Å²) in [7, 11) is 0. The number of carbonyl (C=O) groups is 1. The molecule has 0 spiro atoms. The highest BCUT2D eigenvalue weighted by molar-refractivity contribution is 6.37. The van der Waals surface area contributed by atoms with Crippen LogP contribution in [-0.4, -0.2) is 5.91 Å². The number of hydrogen-bond acceptors (Lipinski definition) is 2. The summed E-state index contributed by atoms with van der Waals surface area (Å²) in [6.45, 7) is 2.04. The Bertz CT molecular complexity index is 908. The van der Waals surface area contributed by atoms with Crippen molar-refractivity contribution in [3.63, 3.8) is 0 Å². The van der Waals surface area contributed by atoms with Gasteiger partial charge < -0.3 is 10.6 Å². The third-order valence-corrected chi connectivity index (χ3v) is 4.23. The van der Waals surface area contributed by atoms with Gasteiger partial charge in [0, 0.05) is 10.7 Å². The van der Waals surface area contributed by atoms with Gasteiger partial charge in [-0.05, 0) is 49.4 Å². The maximum atomic E-state index is 12.5. The van der Waals surface area contributed by atoms with Crippen molar-refractivity contribution in [1.29, 1.82) is 0 Å². The lowest BCUT2D eigenvalue weighted by molar-refractivity contribution is 0.102. The number of halogens is 2. The van der Waals surface area contributed by atoms with Crippen LogP contribution in [0.2, 0.25) is 10.0 Å². The summed E-state index contributed by atoms with van der Waals surface area (Å²) in [5.74, 6) is -0.292. The van der Waals surface area contributed by atoms with Crippen molar-refractivity contribution in [3.05, 3.63) is 87.9 Å². The average molecular weight is 371 g/mol. The van der Waals surface area contributed by atoms with Gasteiger partial charge in [-0.25, -0.2) is 0 Å². The van der Waals surface area contributed by atoms with Crippen LogP contribution in [0, 0.1) is 6.92 Å². The topological polar surface area (TPSA) is 41.1 Å². The number of aryl methyl sites for hydroxylation is 1. The number of rotatable bonds is 4. The molecule has 0 bridgehead atoms. The van der Waals surface area contributed by atoms with Crippen LogP contribution >= 0.6 is 23.2 Å². The third-order valence-electron chi connectivity index (χ3n) is 3.68. The fourth-order valence-electron chi connectivity index (χ4n) is 2.36. The summed E-state index contributed by atoms with van der Waals surface area (Å²) >= 11 is 12.0. The number of anilines is 3. The molecule has 0 unspecified atom stereocenters. The molecular formula is C20H16Cl2N2O. The van der Waals surface area contributed by atoms with Gasteiger partial charge in [-0.3, -0.25) is 4.79 Å². The van der Waals surface area contributed by atoms with E-state index < -0.39 is 0 Å². The Balaban J connectivity index is 1.83. The van der Waals surface area contributed by atoms with Gasteiger partial charge in [0.1, 0.15) is 0 Å². The molecule has 5 heteroatoms. The number of benzene rings is 3. The van der Waals surface area contributed by atoms with E-state index in [1.54, 1.807) is 18.2 Å². The highest BCUT2D eigenvalue weighted by Gasteiger charge is 2.13. The zero-order chi connectivity index (χ0) is 17.8. The smallest absolute Gasteiger partial charge is 0.257 e. The molecular weight excluding hydrogens is 355 g/mol. The molecule has 0 aromatic heterocycles. The molecule has 1 amide bonds. The molecule has 3 aromatic rings. The van der Waals surface area contributed by atoms with E-state index in [4.69, 9.17) is 23.2 Å². The van der Waals surface area contributed by atoms with Crippen molar-refractivity contribution in [2.75, 3.05) is 10.6 Å². The van der Waals surface area contributed by atoms with Crippen LogP contribution in [0.4, 0.5) is 17.1 Å². The van der Waals surface area contributed by atoms with Gasteiger partial charge in [-0.15, -0.1) is 0 Å². The Morgan fingerprint density at radius 2 is 1.56 bits per heavy atom. The molecule has 0 radical (unpaired) electrons. The third kappa shape index (κ3) is 4.32. The van der Waals surface area contributed by atoms with Gasteiger partial charge in [0.2, 0.25) is 0 Å². The Morgan fingerprint density at radius 1 is 0.880 bits per heavy atom. The first-order chi connectivity index (χ1) is 12.0. The lowest BCUT2D eigenvalue weighted by atomic mass is 10.2. The second-order valence-electron chi connectivity index (χ2n) is 5.61. The zero-order valence-corrected chi connectivity index (χ0v) is 15.0. The summed E-state index contributed by atoms with van der Waals surface area (Å²) in [5.41, 5.74) is 3.96. The van der Waals surface area contributed by atoms with E-state index in [0.29, 0.717) is 21.3 Å². The molecule has 3 nitrogen and oxygen atoms in total. The summed E-state index contributed by atoms with van der Waals surface area (Å²) in [4.78, 5) is 12.5. The second kappa shape index (κ2) is 7.60. The molecule has 126 valence electrons. The molecule has 0 fully saturated rings. The standard InChI is InChI=1S/C20H16Cl2N2O/c1-13-6-9-15(10-7-13)23-18-4-2-3-5-19(18)24-20(25)16-11-8-14(21)12-17(16)22/h2-12,23H,1H3,(H,24,25). The van der Waals surface area contributed by atoms with Crippen molar-refractivity contribution < 1.29 is 4.79 Å². The van der Waals surface area contributed by atoms with E-state index in [1.807, 2.05) is 55.5 Å². The van der Waals surface area contributed by atoms with Gasteiger partial charge in [0.15, 0.2) is 0 Å². The minimum absolute atomic E-state index is 0.292. The number of amides is 1. The molecule has 3 rings (SSSR count). The van der Waals surface area contributed by atoms with E-state index in [0.717, 1.165) is 11.4 Å². The fraction of sp³-hybridized carbons (Fsp3) is 0.0500. The van der Waals surface area contributed by atoms with Gasteiger partial charge in [-0.1, -0.05) is 53.0 Å². The van der Waals surface area contributed by atoms with Crippen LogP contribution in [0.5, 0.6) is 0 Å². The monoisotopic (exact) mass is 370 g/mol. The van der Waals surface area contributed by atoms with E-state index >= 15 is 0 Å². The van der Waals surface area contributed by atoms with Crippen molar-refractivity contribution in [2.24, 2.45) is 0 Å². The zero-order valence-electron chi connectivity index (χ0n) is 13.5. The van der Waals surface area contributed by atoms with E-state index in [-0.39, 0.29) is 5.91 Å². The van der Waals surface area contributed by atoms with Crippen molar-refractivity contribution in [2.45, 2.75) is 6.92 Å². The predicted molar refractivity (Wildman–Crippen MR) is 105 cm³/mol. The lowest BCUT2D eigenvalue weighted by Crippen LogP contribution is -2.13. The summed E-state index contributed by atoms with van der Waals surface area (Å²) in [5, 5.41) is 7.00. The average Bonchev–Trinajstić information content (AvgIpc) is 2.58. The Hall–Kier alpha value is -2.49. The first kappa shape index (κ1) is 17.3. The van der Waals surface area contributed by atoms with E-state index in [1.165, 1.54) is 5.56 Å². The van der Waals surface area contributed by atoms with Crippen LogP contribution in [0.15, 0.2) is 66.7 Å². The number of hydrogen-bond donors (Lipinski definition) is 2. The molecule has 0 aliphatic heterocycles. The number of nitrogens with one attached hydrogen (secondary N) is 2. The molecule has 0 aliphatic rings. The predicted octanol–water partition coefficient (Wildman–Crippen LogP) is 6.30. The highest BCUT2D eigenvalue weighted by atomic mass is 35.5. The van der Waals surface area contributed by atoms with Crippen molar-refractivity contribution >= 4 is 46.2 Å². The van der Waals surface area contributed by atoms with Gasteiger partial charge in [-0.2, -0.15) is 0 Å². The van der Waals surface area contributed by atoms with Crippen LogP contribution in [0.25, 0.3) is 0 Å². The van der Waals surface area contributed by atoms with Gasteiger partial charge >= 0.3 is 0 Å². The van der Waals surface area contributed by atoms with E-state index in [9.17, 15) is 4.79 Å².